The van der Waals surface area contributed by atoms with Crippen LogP contribution in [0.25, 0.3) is 13.9 Å². The minimum atomic E-state index is -1.11. The second kappa shape index (κ2) is 21.5. The fourth-order valence-electron chi connectivity index (χ4n) is 3.76. The monoisotopic (exact) mass is 872 g/mol. The van der Waals surface area contributed by atoms with Gasteiger partial charge in [-0.1, -0.05) is 193 Å². The topological polar surface area (TPSA) is 62.5 Å². The Kier molecular flexibility index (Phi) is 27.7. The maximum Gasteiger partial charge on any atom is 3.00 e. The molecule has 0 spiro atoms. The van der Waals surface area contributed by atoms with Crippen molar-refractivity contribution in [2.45, 2.75) is 170 Å². The molecule has 233 valence electrons. The van der Waals surface area contributed by atoms with Crippen LogP contribution in [0, 0.1) is 43.0 Å². The molecular formula is C28H72N3OSi6U. The average molecular weight is 873 g/mol. The van der Waals surface area contributed by atoms with E-state index in [2.05, 4.69) is 137 Å². The summed E-state index contributed by atoms with van der Waals surface area (Å²) in [5, 5.41) is 9.20. The predicted octanol–water partition coefficient (Wildman–Crippen LogP) is 11.4. The number of nitrogens with zero attached hydrogens (tertiary/aromatic N) is 3. The third-order valence-electron chi connectivity index (χ3n) is 3.31. The molecular weight excluding hydrogens is 801 g/mol. The molecule has 0 amide bonds. The molecule has 0 aromatic rings. The quantitative estimate of drug-likeness (QED) is 0.140. The van der Waals surface area contributed by atoms with Gasteiger partial charge in [-0.15, -0.1) is 5.92 Å². The summed E-state index contributed by atoms with van der Waals surface area (Å²) in [4.78, 5) is 0. The van der Waals surface area contributed by atoms with E-state index in [-0.39, 0.29) is 31.1 Å². The largest absolute Gasteiger partial charge is 3.00 e. The van der Waals surface area contributed by atoms with Gasteiger partial charge in [-0.25, -0.2) is 0 Å². The maximum absolute atomic E-state index is 9.20. The van der Waals surface area contributed by atoms with Gasteiger partial charge < -0.3 is 19.1 Å². The third-order valence-corrected chi connectivity index (χ3v) is 19.4. The average Bonchev–Trinajstić information content (AvgIpc) is 2.44. The predicted molar refractivity (Wildman–Crippen MR) is 198 cm³/mol. The summed E-state index contributed by atoms with van der Waals surface area (Å²) in [7, 11) is -6.64. The van der Waals surface area contributed by atoms with Crippen LogP contribution in [0.2, 0.25) is 118 Å². The van der Waals surface area contributed by atoms with Crippen LogP contribution in [0.3, 0.4) is 0 Å². The van der Waals surface area contributed by atoms with Gasteiger partial charge in [-0.05, 0) is 20.3 Å². The first-order valence-electron chi connectivity index (χ1n) is 14.6. The van der Waals surface area contributed by atoms with Crippen LogP contribution in [0.4, 0.5) is 0 Å². The zero-order valence-corrected chi connectivity index (χ0v) is 40.8. The fourth-order valence-corrected chi connectivity index (χ4v) is 27.9. The minimum absolute atomic E-state index is 0. The summed E-state index contributed by atoms with van der Waals surface area (Å²) in [6.07, 6.45) is 4.53. The Morgan fingerprint density at radius 3 is 0.872 bits per heavy atom. The summed E-state index contributed by atoms with van der Waals surface area (Å²) < 4.78 is 14.5. The summed E-state index contributed by atoms with van der Waals surface area (Å²) in [5.74, 6) is 5.75. The molecule has 0 heterocycles. The molecule has 0 saturated heterocycles. The van der Waals surface area contributed by atoms with E-state index < -0.39 is 55.0 Å². The van der Waals surface area contributed by atoms with Crippen molar-refractivity contribution >= 4 is 49.4 Å². The van der Waals surface area contributed by atoms with E-state index in [9.17, 15) is 5.11 Å². The second-order valence-corrected chi connectivity index (χ2v) is 45.4. The molecule has 1 N–H and O–H groups in total. The van der Waals surface area contributed by atoms with Crippen LogP contribution in [0.15, 0.2) is 0 Å². The van der Waals surface area contributed by atoms with E-state index in [0.29, 0.717) is 0 Å². The van der Waals surface area contributed by atoms with Crippen molar-refractivity contribution in [3.8, 4) is 11.8 Å². The summed E-state index contributed by atoms with van der Waals surface area (Å²) >= 11 is 0. The van der Waals surface area contributed by atoms with E-state index in [1.54, 1.807) is 13.8 Å². The first kappa shape index (κ1) is 50.4. The SMILES string of the molecule is CCCCCC#CC(C)(C)O.C[Si](C)(C)[N-][Si](C)(C)C.C[Si](C)(C)[N-][Si](C)(C)C.C[Si](C)(C)[N-][Si](C)(C)C.[U+3]. The zero-order chi connectivity index (χ0) is 31.9. The minimum Gasteiger partial charge on any atom is -0.668 e. The molecule has 0 aromatic carbocycles. The Labute approximate surface area is 279 Å². The number of hydrogen-bond donors (Lipinski definition) is 1. The van der Waals surface area contributed by atoms with Crippen molar-refractivity contribution in [3.63, 3.8) is 0 Å². The molecule has 0 aliphatic heterocycles. The molecule has 0 aliphatic carbocycles. The van der Waals surface area contributed by atoms with Gasteiger partial charge in [0.2, 0.25) is 0 Å². The van der Waals surface area contributed by atoms with Gasteiger partial charge in [0.1, 0.15) is 5.60 Å². The molecule has 0 aliphatic rings. The Morgan fingerprint density at radius 2 is 0.744 bits per heavy atom. The molecule has 39 heavy (non-hydrogen) atoms. The molecule has 0 saturated carbocycles. The Bertz CT molecular complexity index is 552. The van der Waals surface area contributed by atoms with Crippen molar-refractivity contribution < 1.29 is 36.2 Å². The second-order valence-electron chi connectivity index (χ2n) is 16.7. The van der Waals surface area contributed by atoms with E-state index in [4.69, 9.17) is 13.9 Å². The Balaban J connectivity index is -0.000000131. The van der Waals surface area contributed by atoms with Crippen molar-refractivity contribution in [1.29, 1.82) is 0 Å². The van der Waals surface area contributed by atoms with Gasteiger partial charge >= 0.3 is 31.1 Å². The van der Waals surface area contributed by atoms with Crippen LogP contribution in [0.5, 0.6) is 0 Å². The molecule has 1 radical (unpaired) electrons. The van der Waals surface area contributed by atoms with E-state index >= 15 is 0 Å². The first-order chi connectivity index (χ1) is 16.2. The van der Waals surface area contributed by atoms with E-state index in [1.165, 1.54) is 12.8 Å². The smallest absolute Gasteiger partial charge is 0.668 e. The van der Waals surface area contributed by atoms with Gasteiger partial charge in [0.25, 0.3) is 0 Å². The zero-order valence-electron chi connectivity index (χ0n) is 30.6. The number of rotatable bonds is 9. The van der Waals surface area contributed by atoms with Gasteiger partial charge in [0, 0.05) is 6.42 Å². The first-order valence-corrected chi connectivity index (χ1v) is 35.3. The van der Waals surface area contributed by atoms with Crippen molar-refractivity contribution in [2.24, 2.45) is 0 Å². The molecule has 0 aromatic heterocycles. The van der Waals surface area contributed by atoms with Gasteiger partial charge in [0.05, 0.1) is 0 Å². The summed E-state index contributed by atoms with van der Waals surface area (Å²) in [6, 6.07) is 0. The molecule has 11 heteroatoms. The summed E-state index contributed by atoms with van der Waals surface area (Å²) in [6.45, 7) is 46.9. The van der Waals surface area contributed by atoms with Crippen LogP contribution in [0.1, 0.15) is 46.5 Å². The Morgan fingerprint density at radius 1 is 0.513 bits per heavy atom. The normalized spacial score (nSPS) is 12.7. The number of hydrogen-bond acceptors (Lipinski definition) is 1. The van der Waals surface area contributed by atoms with Gasteiger partial charge in [-0.2, -0.15) is 0 Å². The van der Waals surface area contributed by atoms with Crippen LogP contribution in [-0.2, 0) is 0 Å². The molecule has 0 fully saturated rings. The number of aliphatic hydroxyl groups is 1. The third kappa shape index (κ3) is 73.6. The summed E-state index contributed by atoms with van der Waals surface area (Å²) in [5.41, 5.74) is -0.813. The standard InChI is InChI=1S/C10H18O.3C6H18NSi2.U/c1-4-5-6-7-8-9-10(2,3)11;3*1-8(2,3)7-9(4,5)6;/h11H,4-7H2,1-3H3;3*1-6H3;/q;3*-1;+3. The van der Waals surface area contributed by atoms with Crippen molar-refractivity contribution in [2.75, 3.05) is 0 Å². The van der Waals surface area contributed by atoms with Gasteiger partial charge in [0.15, 0.2) is 0 Å². The maximum atomic E-state index is 9.20. The van der Waals surface area contributed by atoms with E-state index in [1.807, 2.05) is 0 Å². The van der Waals surface area contributed by atoms with Crippen molar-refractivity contribution in [3.05, 3.63) is 13.9 Å². The number of unbranched alkanes of at least 4 members (excludes halogenated alkanes) is 3. The molecule has 0 unspecified atom stereocenters. The molecule has 4 nitrogen and oxygen atoms in total. The van der Waals surface area contributed by atoms with Crippen LogP contribution >= 0.6 is 0 Å². The van der Waals surface area contributed by atoms with Crippen LogP contribution in [-0.4, -0.2) is 60.1 Å². The van der Waals surface area contributed by atoms with Crippen molar-refractivity contribution in [1.82, 2.24) is 0 Å². The molecule has 0 bridgehead atoms. The molecule has 0 atom stereocenters. The molecule has 0 rings (SSSR count). The van der Waals surface area contributed by atoms with Gasteiger partial charge in [-0.3, -0.25) is 0 Å². The van der Waals surface area contributed by atoms with E-state index in [0.717, 1.165) is 12.8 Å². The van der Waals surface area contributed by atoms with Crippen LogP contribution < -0.4 is 0 Å². The Hall–Kier alpha value is 1.75. The fraction of sp³-hybridized carbons (Fsp3) is 0.929.